The Hall–Kier alpha value is -6.80. The second kappa shape index (κ2) is 10.9. The highest BCUT2D eigenvalue weighted by molar-refractivity contribution is 6.20. The van der Waals surface area contributed by atoms with E-state index in [-0.39, 0.29) is 0 Å². The van der Waals surface area contributed by atoms with Crippen molar-refractivity contribution in [3.05, 3.63) is 133 Å². The molecule has 238 valence electrons. The summed E-state index contributed by atoms with van der Waals surface area (Å²) < 4.78 is 15.3. The highest BCUT2D eigenvalue weighted by Crippen LogP contribution is 2.39. The zero-order valence-electron chi connectivity index (χ0n) is 27.2. The monoisotopic (exact) mass is 648 g/mol. The third-order valence-corrected chi connectivity index (χ3v) is 9.58. The van der Waals surface area contributed by atoms with Crippen molar-refractivity contribution in [1.82, 2.24) is 28.9 Å². The summed E-state index contributed by atoms with van der Waals surface area (Å²) in [6, 6.07) is 45.4. The first-order valence-corrected chi connectivity index (χ1v) is 16.4. The molecule has 50 heavy (non-hydrogen) atoms. The van der Waals surface area contributed by atoms with Gasteiger partial charge in [-0.1, -0.05) is 60.7 Å². The standard InChI is InChI=1S/C42H28N6O2/c1-49-27-19-15-25(16-20-27)39-44-40(26-17-21-28(50-2)22-18-26)46-42(45-39)48-35-14-8-6-11-31(35)32-23-24-36-37(38(32)48)43-41-33-12-4-3-9-29(33)30-10-5-7-13-34(30)47(36)41/h3-24H,1-2H3. The van der Waals surface area contributed by atoms with Gasteiger partial charge in [-0.25, -0.2) is 9.97 Å². The topological polar surface area (TPSA) is 79.4 Å². The third kappa shape index (κ3) is 4.12. The van der Waals surface area contributed by atoms with Crippen LogP contribution in [0.15, 0.2) is 133 Å². The first-order chi connectivity index (χ1) is 24.7. The third-order valence-electron chi connectivity index (χ3n) is 9.58. The molecule has 8 heteroatoms. The van der Waals surface area contributed by atoms with Crippen LogP contribution in [0.2, 0.25) is 0 Å². The molecule has 0 amide bonds. The van der Waals surface area contributed by atoms with Gasteiger partial charge in [-0.15, -0.1) is 0 Å². The summed E-state index contributed by atoms with van der Waals surface area (Å²) in [6.45, 7) is 0. The summed E-state index contributed by atoms with van der Waals surface area (Å²) in [5.41, 5.74) is 7.52. The van der Waals surface area contributed by atoms with Gasteiger partial charge < -0.3 is 9.47 Å². The van der Waals surface area contributed by atoms with Gasteiger partial charge in [-0.05, 0) is 78.2 Å². The molecule has 0 aliphatic carbocycles. The molecule has 10 rings (SSSR count). The van der Waals surface area contributed by atoms with E-state index in [1.165, 1.54) is 10.8 Å². The Morgan fingerprint density at radius 3 is 1.60 bits per heavy atom. The molecule has 0 atom stereocenters. The number of aromatic nitrogens is 6. The number of para-hydroxylation sites is 2. The van der Waals surface area contributed by atoms with Gasteiger partial charge in [0.15, 0.2) is 11.6 Å². The number of rotatable bonds is 5. The Morgan fingerprint density at radius 2 is 0.980 bits per heavy atom. The average Bonchev–Trinajstić information content (AvgIpc) is 3.75. The maximum Gasteiger partial charge on any atom is 0.238 e. The Labute approximate surface area is 285 Å². The van der Waals surface area contributed by atoms with E-state index in [0.29, 0.717) is 17.6 Å². The molecule has 8 nitrogen and oxygen atoms in total. The quantitative estimate of drug-likeness (QED) is 0.173. The van der Waals surface area contributed by atoms with Crippen LogP contribution in [-0.2, 0) is 0 Å². The lowest BCUT2D eigenvalue weighted by Crippen LogP contribution is -2.06. The zero-order chi connectivity index (χ0) is 33.3. The van der Waals surface area contributed by atoms with Gasteiger partial charge in [0.05, 0.1) is 36.3 Å². The second-order valence-corrected chi connectivity index (χ2v) is 12.3. The fraction of sp³-hybridized carbons (Fsp3) is 0.0476. The van der Waals surface area contributed by atoms with Gasteiger partial charge >= 0.3 is 0 Å². The molecule has 0 aliphatic rings. The molecular formula is C42H28N6O2. The van der Waals surface area contributed by atoms with Gasteiger partial charge in [0.2, 0.25) is 5.95 Å². The minimum absolute atomic E-state index is 0.502. The van der Waals surface area contributed by atoms with E-state index >= 15 is 0 Å². The molecule has 0 unspecified atom stereocenters. The Kier molecular flexibility index (Phi) is 6.13. The fourth-order valence-corrected chi connectivity index (χ4v) is 7.23. The van der Waals surface area contributed by atoms with Gasteiger partial charge in [0.25, 0.3) is 0 Å². The van der Waals surface area contributed by atoms with Crippen molar-refractivity contribution in [1.29, 1.82) is 0 Å². The highest BCUT2D eigenvalue weighted by Gasteiger charge is 2.23. The summed E-state index contributed by atoms with van der Waals surface area (Å²) in [5.74, 6) is 3.12. The molecule has 0 fully saturated rings. The van der Waals surface area contributed by atoms with Crippen molar-refractivity contribution in [2.45, 2.75) is 0 Å². The Bertz CT molecular complexity index is 2880. The van der Waals surface area contributed by atoms with Gasteiger partial charge in [0.1, 0.15) is 22.7 Å². The van der Waals surface area contributed by atoms with Crippen molar-refractivity contribution in [3.63, 3.8) is 0 Å². The van der Waals surface area contributed by atoms with E-state index in [1.54, 1.807) is 14.2 Å². The average molecular weight is 649 g/mol. The largest absolute Gasteiger partial charge is 0.497 e. The van der Waals surface area contributed by atoms with E-state index in [0.717, 1.165) is 72.0 Å². The molecule has 0 N–H and O–H groups in total. The number of fused-ring (bicyclic) bond motifs is 12. The number of ether oxygens (including phenoxy) is 2. The maximum absolute atomic E-state index is 5.45. The highest BCUT2D eigenvalue weighted by atomic mass is 16.5. The minimum Gasteiger partial charge on any atom is -0.497 e. The Balaban J connectivity index is 1.34. The smallest absolute Gasteiger partial charge is 0.238 e. The Morgan fingerprint density at radius 1 is 0.440 bits per heavy atom. The van der Waals surface area contributed by atoms with Crippen LogP contribution in [0.3, 0.4) is 0 Å². The zero-order valence-corrected chi connectivity index (χ0v) is 27.2. The van der Waals surface area contributed by atoms with E-state index in [4.69, 9.17) is 29.4 Å². The molecule has 0 spiro atoms. The van der Waals surface area contributed by atoms with Crippen LogP contribution in [-0.4, -0.2) is 43.1 Å². The molecule has 4 heterocycles. The first kappa shape index (κ1) is 28.2. The molecule has 4 aromatic heterocycles. The predicted molar refractivity (Wildman–Crippen MR) is 199 cm³/mol. The number of methoxy groups -OCH3 is 2. The minimum atomic E-state index is 0.502. The molecule has 10 aromatic rings. The van der Waals surface area contributed by atoms with Crippen molar-refractivity contribution in [2.24, 2.45) is 0 Å². The lowest BCUT2D eigenvalue weighted by Gasteiger charge is -2.11. The van der Waals surface area contributed by atoms with Crippen molar-refractivity contribution < 1.29 is 9.47 Å². The van der Waals surface area contributed by atoms with Crippen LogP contribution in [0.25, 0.3) is 88.9 Å². The number of hydrogen-bond acceptors (Lipinski definition) is 6. The van der Waals surface area contributed by atoms with E-state index in [2.05, 4.69) is 93.9 Å². The van der Waals surface area contributed by atoms with Gasteiger partial charge in [-0.3, -0.25) is 8.97 Å². The van der Waals surface area contributed by atoms with Crippen LogP contribution in [0, 0.1) is 0 Å². The first-order valence-electron chi connectivity index (χ1n) is 16.4. The van der Waals surface area contributed by atoms with Crippen molar-refractivity contribution in [3.8, 4) is 40.2 Å². The van der Waals surface area contributed by atoms with Crippen molar-refractivity contribution in [2.75, 3.05) is 14.2 Å². The molecular weight excluding hydrogens is 621 g/mol. The van der Waals surface area contributed by atoms with Crippen LogP contribution >= 0.6 is 0 Å². The number of nitrogens with zero attached hydrogens (tertiary/aromatic N) is 6. The number of hydrogen-bond donors (Lipinski definition) is 0. The maximum atomic E-state index is 5.45. The molecule has 0 aliphatic heterocycles. The predicted octanol–water partition coefficient (Wildman–Crippen LogP) is 9.43. The summed E-state index contributed by atoms with van der Waals surface area (Å²) in [7, 11) is 3.32. The summed E-state index contributed by atoms with van der Waals surface area (Å²) >= 11 is 0. The van der Waals surface area contributed by atoms with Crippen molar-refractivity contribution >= 4 is 60.2 Å². The normalized spacial score (nSPS) is 11.8. The van der Waals surface area contributed by atoms with Gasteiger partial charge in [-0.2, -0.15) is 9.97 Å². The number of pyridine rings is 1. The van der Waals surface area contributed by atoms with Crippen LogP contribution in [0.1, 0.15) is 0 Å². The second-order valence-electron chi connectivity index (χ2n) is 12.3. The molecule has 6 aromatic carbocycles. The molecule has 0 radical (unpaired) electrons. The fourth-order valence-electron chi connectivity index (χ4n) is 7.23. The van der Waals surface area contributed by atoms with E-state index < -0.39 is 0 Å². The van der Waals surface area contributed by atoms with Crippen LogP contribution in [0.5, 0.6) is 11.5 Å². The lowest BCUT2D eigenvalue weighted by molar-refractivity contribution is 0.415. The summed E-state index contributed by atoms with van der Waals surface area (Å²) in [6.07, 6.45) is 0. The number of imidazole rings is 1. The van der Waals surface area contributed by atoms with E-state index in [1.807, 2.05) is 48.5 Å². The molecule has 0 saturated carbocycles. The molecule has 0 bridgehead atoms. The number of benzene rings is 6. The van der Waals surface area contributed by atoms with Crippen LogP contribution in [0.4, 0.5) is 0 Å². The lowest BCUT2D eigenvalue weighted by atomic mass is 10.1. The van der Waals surface area contributed by atoms with E-state index in [9.17, 15) is 0 Å². The van der Waals surface area contributed by atoms with Gasteiger partial charge in [0, 0.05) is 32.7 Å². The molecule has 0 saturated heterocycles. The summed E-state index contributed by atoms with van der Waals surface area (Å²) in [4.78, 5) is 20.8. The summed E-state index contributed by atoms with van der Waals surface area (Å²) in [5, 5.41) is 5.62. The SMILES string of the molecule is COc1ccc(-c2nc(-c3ccc(OC)cc3)nc(-n3c4ccccc4c4ccc5c(nc6c7ccccc7c7ccccc7n56)c43)n2)cc1. The van der Waals surface area contributed by atoms with Crippen LogP contribution < -0.4 is 9.47 Å².